The number of carboxylic acids is 1. The molecule has 6 nitrogen and oxygen atoms in total. The van der Waals surface area contributed by atoms with Crippen molar-refractivity contribution < 1.29 is 24.5 Å². The van der Waals surface area contributed by atoms with Gasteiger partial charge in [0.25, 0.3) is 0 Å². The number of hydrogen-bond donors (Lipinski definition) is 2. The van der Waals surface area contributed by atoms with Gasteiger partial charge in [-0.2, -0.15) is 0 Å². The normalized spacial score (nSPS) is 29.2. The van der Waals surface area contributed by atoms with Crippen LogP contribution in [0.3, 0.4) is 0 Å². The third kappa shape index (κ3) is 3.09. The summed E-state index contributed by atoms with van der Waals surface area (Å²) in [6.45, 7) is 7.00. The molecule has 1 amide bonds. The third-order valence-electron chi connectivity index (χ3n) is 2.61. The lowest BCUT2D eigenvalue weighted by Gasteiger charge is -2.27. The Hall–Kier alpha value is -1.30. The van der Waals surface area contributed by atoms with Crippen LogP contribution >= 0.6 is 0 Å². The van der Waals surface area contributed by atoms with E-state index in [1.165, 1.54) is 0 Å². The lowest BCUT2D eigenvalue weighted by atomic mass is 10.0. The van der Waals surface area contributed by atoms with Crippen LogP contribution in [0.2, 0.25) is 0 Å². The SMILES string of the molecule is C[C@@H]1CN(C(=O)OC(C)(C)C)[C@@H](C(=O)O)[C@@H]1O. The van der Waals surface area contributed by atoms with Gasteiger partial charge in [-0.3, -0.25) is 4.90 Å². The minimum atomic E-state index is -1.22. The molecule has 0 unspecified atom stereocenters. The van der Waals surface area contributed by atoms with Crippen LogP contribution in [0.5, 0.6) is 0 Å². The van der Waals surface area contributed by atoms with Crippen molar-refractivity contribution in [3.05, 3.63) is 0 Å². The molecular formula is C11H19NO5. The maximum Gasteiger partial charge on any atom is 0.411 e. The minimum Gasteiger partial charge on any atom is -0.480 e. The van der Waals surface area contributed by atoms with Crippen molar-refractivity contribution in [3.63, 3.8) is 0 Å². The van der Waals surface area contributed by atoms with Gasteiger partial charge < -0.3 is 14.9 Å². The van der Waals surface area contributed by atoms with E-state index in [9.17, 15) is 14.7 Å². The van der Waals surface area contributed by atoms with Crippen LogP contribution in [-0.4, -0.2) is 51.5 Å². The lowest BCUT2D eigenvalue weighted by molar-refractivity contribution is -0.145. The minimum absolute atomic E-state index is 0.188. The number of aliphatic hydroxyl groups is 1. The van der Waals surface area contributed by atoms with Gasteiger partial charge in [0.2, 0.25) is 0 Å². The molecule has 0 saturated carbocycles. The first-order chi connectivity index (χ1) is 7.63. The molecule has 2 N–H and O–H groups in total. The number of hydrogen-bond acceptors (Lipinski definition) is 4. The van der Waals surface area contributed by atoms with Gasteiger partial charge in [-0.1, -0.05) is 6.92 Å². The van der Waals surface area contributed by atoms with Gasteiger partial charge in [-0.25, -0.2) is 9.59 Å². The Balaban J connectivity index is 2.82. The highest BCUT2D eigenvalue weighted by Crippen LogP contribution is 2.25. The highest BCUT2D eigenvalue weighted by atomic mass is 16.6. The van der Waals surface area contributed by atoms with Crippen molar-refractivity contribution in [1.29, 1.82) is 0 Å². The highest BCUT2D eigenvalue weighted by molar-refractivity contribution is 5.81. The van der Waals surface area contributed by atoms with Gasteiger partial charge >= 0.3 is 12.1 Å². The van der Waals surface area contributed by atoms with Crippen molar-refractivity contribution in [3.8, 4) is 0 Å². The van der Waals surface area contributed by atoms with Gasteiger partial charge in [0, 0.05) is 12.5 Å². The van der Waals surface area contributed by atoms with Crippen molar-refractivity contribution in [2.24, 2.45) is 5.92 Å². The fraction of sp³-hybridized carbons (Fsp3) is 0.818. The van der Waals surface area contributed by atoms with Crippen LogP contribution in [-0.2, 0) is 9.53 Å². The van der Waals surface area contributed by atoms with Gasteiger partial charge in [0.05, 0.1) is 6.10 Å². The van der Waals surface area contributed by atoms with E-state index in [-0.39, 0.29) is 12.5 Å². The maximum absolute atomic E-state index is 11.8. The molecule has 1 aliphatic heterocycles. The number of likely N-dealkylation sites (tertiary alicyclic amines) is 1. The quantitative estimate of drug-likeness (QED) is 0.709. The summed E-state index contributed by atoms with van der Waals surface area (Å²) in [5, 5.41) is 18.7. The summed E-state index contributed by atoms with van der Waals surface area (Å²) >= 11 is 0. The van der Waals surface area contributed by atoms with E-state index < -0.39 is 29.8 Å². The molecule has 0 aromatic carbocycles. The number of rotatable bonds is 1. The summed E-state index contributed by atoms with van der Waals surface area (Å²) in [5.74, 6) is -1.49. The van der Waals surface area contributed by atoms with Crippen molar-refractivity contribution in [2.45, 2.75) is 45.4 Å². The van der Waals surface area contributed by atoms with E-state index in [1.54, 1.807) is 27.7 Å². The first-order valence-electron chi connectivity index (χ1n) is 5.54. The molecule has 6 heteroatoms. The second kappa shape index (κ2) is 4.52. The number of nitrogens with zero attached hydrogens (tertiary/aromatic N) is 1. The Morgan fingerprint density at radius 1 is 1.35 bits per heavy atom. The van der Waals surface area contributed by atoms with Crippen molar-refractivity contribution in [1.82, 2.24) is 4.90 Å². The summed E-state index contributed by atoms with van der Waals surface area (Å²) in [4.78, 5) is 23.9. The van der Waals surface area contributed by atoms with Gasteiger partial charge in [-0.05, 0) is 20.8 Å². The van der Waals surface area contributed by atoms with E-state index in [1.807, 2.05) is 0 Å². The number of aliphatic carboxylic acids is 1. The summed E-state index contributed by atoms with van der Waals surface area (Å²) in [6, 6.07) is -1.22. The Bertz CT molecular complexity index is 322. The molecule has 1 saturated heterocycles. The van der Waals surface area contributed by atoms with Crippen LogP contribution in [0.15, 0.2) is 0 Å². The molecule has 0 aromatic heterocycles. The highest BCUT2D eigenvalue weighted by Gasteiger charge is 2.46. The average Bonchev–Trinajstić information content (AvgIpc) is 2.40. The van der Waals surface area contributed by atoms with Gasteiger partial charge in [0.1, 0.15) is 5.60 Å². The molecule has 0 spiro atoms. The standard InChI is InChI=1S/C11H19NO5/c1-6-5-12(7(8(6)13)9(14)15)10(16)17-11(2,3)4/h6-8,13H,5H2,1-4H3,(H,14,15)/t6-,7-,8-/m1/s1. The van der Waals surface area contributed by atoms with Crippen LogP contribution in [0.4, 0.5) is 4.79 Å². The van der Waals surface area contributed by atoms with Crippen LogP contribution in [0.25, 0.3) is 0 Å². The van der Waals surface area contributed by atoms with Gasteiger partial charge in [0.15, 0.2) is 6.04 Å². The predicted molar refractivity (Wildman–Crippen MR) is 59.5 cm³/mol. The molecule has 3 atom stereocenters. The molecular weight excluding hydrogens is 226 g/mol. The van der Waals surface area contributed by atoms with Crippen LogP contribution < -0.4 is 0 Å². The molecule has 1 aliphatic rings. The number of ether oxygens (including phenoxy) is 1. The zero-order valence-corrected chi connectivity index (χ0v) is 10.5. The molecule has 1 fully saturated rings. The monoisotopic (exact) mass is 245 g/mol. The van der Waals surface area contributed by atoms with E-state index in [0.717, 1.165) is 4.90 Å². The van der Waals surface area contributed by atoms with Gasteiger partial charge in [-0.15, -0.1) is 0 Å². The Labute approximate surface area is 100 Å². The Morgan fingerprint density at radius 2 is 1.88 bits per heavy atom. The zero-order valence-electron chi connectivity index (χ0n) is 10.5. The van der Waals surface area contributed by atoms with E-state index >= 15 is 0 Å². The fourth-order valence-electron chi connectivity index (χ4n) is 1.82. The largest absolute Gasteiger partial charge is 0.480 e. The maximum atomic E-state index is 11.8. The zero-order chi connectivity index (χ0) is 13.4. The molecule has 0 aliphatic carbocycles. The number of carboxylic acid groups (broad SMARTS) is 1. The molecule has 0 radical (unpaired) electrons. The first kappa shape index (κ1) is 13.8. The fourth-order valence-corrected chi connectivity index (χ4v) is 1.82. The van der Waals surface area contributed by atoms with Crippen LogP contribution in [0, 0.1) is 5.92 Å². The molecule has 1 heterocycles. The molecule has 0 aromatic rings. The Kier molecular flexibility index (Phi) is 3.66. The van der Waals surface area contributed by atoms with Crippen LogP contribution in [0.1, 0.15) is 27.7 Å². The summed E-state index contributed by atoms with van der Waals surface area (Å²) in [6.07, 6.45) is -1.76. The van der Waals surface area contributed by atoms with E-state index in [4.69, 9.17) is 9.84 Å². The van der Waals surface area contributed by atoms with E-state index in [0.29, 0.717) is 0 Å². The topological polar surface area (TPSA) is 87.1 Å². The average molecular weight is 245 g/mol. The third-order valence-corrected chi connectivity index (χ3v) is 2.61. The molecule has 98 valence electrons. The second-order valence-corrected chi connectivity index (χ2v) is 5.38. The number of carbonyl (C=O) groups excluding carboxylic acids is 1. The molecule has 0 bridgehead atoms. The van der Waals surface area contributed by atoms with Crippen molar-refractivity contribution >= 4 is 12.1 Å². The van der Waals surface area contributed by atoms with E-state index in [2.05, 4.69) is 0 Å². The molecule has 17 heavy (non-hydrogen) atoms. The molecule has 1 rings (SSSR count). The smallest absolute Gasteiger partial charge is 0.411 e. The summed E-state index contributed by atoms with van der Waals surface area (Å²) in [5.41, 5.74) is -0.684. The second-order valence-electron chi connectivity index (χ2n) is 5.38. The number of carbonyl (C=O) groups is 2. The van der Waals surface area contributed by atoms with Crippen molar-refractivity contribution in [2.75, 3.05) is 6.54 Å². The predicted octanol–water partition coefficient (Wildman–Crippen LogP) is 0.687. The summed E-state index contributed by atoms with van der Waals surface area (Å²) < 4.78 is 5.11. The summed E-state index contributed by atoms with van der Waals surface area (Å²) in [7, 11) is 0. The number of aliphatic hydroxyl groups excluding tert-OH is 1. The number of amides is 1. The first-order valence-corrected chi connectivity index (χ1v) is 5.54. The lowest BCUT2D eigenvalue weighted by Crippen LogP contribution is -2.47. The Morgan fingerprint density at radius 3 is 2.29 bits per heavy atom.